The van der Waals surface area contributed by atoms with Crippen LogP contribution in [0.5, 0.6) is 5.75 Å². The lowest BCUT2D eigenvalue weighted by Crippen LogP contribution is -2.30. The summed E-state index contributed by atoms with van der Waals surface area (Å²) in [7, 11) is 0. The van der Waals surface area contributed by atoms with E-state index >= 15 is 0 Å². The molecule has 0 heterocycles. The van der Waals surface area contributed by atoms with E-state index in [2.05, 4.69) is 5.32 Å². The van der Waals surface area contributed by atoms with Gasteiger partial charge in [-0.2, -0.15) is 0 Å². The molecule has 22 heavy (non-hydrogen) atoms. The molecular weight excluding hydrogens is 278 g/mol. The van der Waals surface area contributed by atoms with E-state index in [1.807, 2.05) is 31.2 Å². The third-order valence-corrected chi connectivity index (χ3v) is 3.23. The van der Waals surface area contributed by atoms with Crippen molar-refractivity contribution in [3.63, 3.8) is 0 Å². The van der Waals surface area contributed by atoms with Crippen LogP contribution in [0.2, 0.25) is 0 Å². The van der Waals surface area contributed by atoms with Crippen molar-refractivity contribution < 1.29 is 14.3 Å². The molecule has 4 heteroatoms. The van der Waals surface area contributed by atoms with Crippen LogP contribution in [0, 0.1) is 6.92 Å². The third-order valence-electron chi connectivity index (χ3n) is 3.23. The molecule has 0 unspecified atom stereocenters. The minimum Gasteiger partial charge on any atom is -0.481 e. The van der Waals surface area contributed by atoms with Gasteiger partial charge >= 0.3 is 0 Å². The highest BCUT2D eigenvalue weighted by molar-refractivity contribution is 5.96. The molecule has 2 rings (SSSR count). The average Bonchev–Trinajstić information content (AvgIpc) is 2.47. The highest BCUT2D eigenvalue weighted by Gasteiger charge is 2.15. The monoisotopic (exact) mass is 297 g/mol. The summed E-state index contributed by atoms with van der Waals surface area (Å²) in [6, 6.07) is 14.3. The Bertz CT molecular complexity index is 677. The highest BCUT2D eigenvalue weighted by atomic mass is 16.5. The number of benzene rings is 2. The number of ketones is 1. The number of ether oxygens (including phenoxy) is 1. The summed E-state index contributed by atoms with van der Waals surface area (Å²) < 4.78 is 5.62. The number of carbonyl (C=O) groups excluding carboxylic acids is 2. The van der Waals surface area contributed by atoms with Crippen molar-refractivity contribution in [2.75, 3.05) is 5.32 Å². The van der Waals surface area contributed by atoms with Crippen LogP contribution in [0.3, 0.4) is 0 Å². The molecule has 2 aromatic rings. The quantitative estimate of drug-likeness (QED) is 0.858. The molecule has 2 aromatic carbocycles. The second-order valence-electron chi connectivity index (χ2n) is 5.20. The number of Topliss-reactive ketones (excluding diaryl/α,β-unsaturated/α-hetero) is 1. The number of carbonyl (C=O) groups is 2. The normalized spacial score (nSPS) is 11.6. The zero-order valence-corrected chi connectivity index (χ0v) is 12.9. The molecule has 0 aliphatic rings. The lowest BCUT2D eigenvalue weighted by atomic mass is 10.1. The predicted octanol–water partition coefficient (Wildman–Crippen LogP) is 3.60. The second-order valence-corrected chi connectivity index (χ2v) is 5.20. The first-order valence-electron chi connectivity index (χ1n) is 7.11. The summed E-state index contributed by atoms with van der Waals surface area (Å²) in [6.45, 7) is 5.17. The summed E-state index contributed by atoms with van der Waals surface area (Å²) in [5.74, 6) is 0.417. The van der Waals surface area contributed by atoms with Crippen LogP contribution >= 0.6 is 0 Å². The molecule has 0 radical (unpaired) electrons. The van der Waals surface area contributed by atoms with Crippen molar-refractivity contribution in [1.29, 1.82) is 0 Å². The zero-order valence-electron chi connectivity index (χ0n) is 12.9. The van der Waals surface area contributed by atoms with Crippen LogP contribution in [0.4, 0.5) is 5.69 Å². The van der Waals surface area contributed by atoms with Gasteiger partial charge < -0.3 is 10.1 Å². The number of anilines is 1. The Morgan fingerprint density at radius 1 is 1.09 bits per heavy atom. The lowest BCUT2D eigenvalue weighted by molar-refractivity contribution is -0.122. The number of hydrogen-bond donors (Lipinski definition) is 1. The summed E-state index contributed by atoms with van der Waals surface area (Å²) in [5.41, 5.74) is 2.32. The standard InChI is InChI=1S/C18H19NO3/c1-12-5-4-6-17(11-12)22-14(3)18(21)19-16-9-7-15(8-10-16)13(2)20/h4-11,14H,1-3H3,(H,19,21)/t14-/m0/s1. The Kier molecular flexibility index (Phi) is 4.94. The van der Waals surface area contributed by atoms with E-state index in [0.29, 0.717) is 17.0 Å². The van der Waals surface area contributed by atoms with Gasteiger partial charge in [-0.05, 0) is 62.7 Å². The molecule has 0 spiro atoms. The fraction of sp³-hybridized carbons (Fsp3) is 0.222. The van der Waals surface area contributed by atoms with Gasteiger partial charge in [0.2, 0.25) is 0 Å². The summed E-state index contributed by atoms with van der Waals surface area (Å²) in [5, 5.41) is 2.77. The van der Waals surface area contributed by atoms with Gasteiger partial charge in [-0.1, -0.05) is 12.1 Å². The molecule has 0 saturated carbocycles. The first kappa shape index (κ1) is 15.8. The van der Waals surface area contributed by atoms with E-state index in [0.717, 1.165) is 5.56 Å². The van der Waals surface area contributed by atoms with Crippen molar-refractivity contribution in [3.05, 3.63) is 59.7 Å². The van der Waals surface area contributed by atoms with Crippen LogP contribution in [0.1, 0.15) is 29.8 Å². The molecule has 1 amide bonds. The van der Waals surface area contributed by atoms with Crippen LogP contribution in [-0.4, -0.2) is 17.8 Å². The van der Waals surface area contributed by atoms with E-state index in [1.54, 1.807) is 31.2 Å². The Hall–Kier alpha value is -2.62. The number of hydrogen-bond acceptors (Lipinski definition) is 3. The van der Waals surface area contributed by atoms with E-state index in [9.17, 15) is 9.59 Å². The van der Waals surface area contributed by atoms with Crippen LogP contribution < -0.4 is 10.1 Å². The molecule has 4 nitrogen and oxygen atoms in total. The Morgan fingerprint density at radius 2 is 1.77 bits per heavy atom. The summed E-state index contributed by atoms with van der Waals surface area (Å²) in [6.07, 6.45) is -0.616. The molecule has 0 fully saturated rings. The highest BCUT2D eigenvalue weighted by Crippen LogP contribution is 2.15. The van der Waals surface area contributed by atoms with Gasteiger partial charge in [-0.3, -0.25) is 9.59 Å². The number of aryl methyl sites for hydroxylation is 1. The minimum atomic E-state index is -0.616. The van der Waals surface area contributed by atoms with Crippen LogP contribution in [0.25, 0.3) is 0 Å². The first-order chi connectivity index (χ1) is 10.5. The molecule has 0 aliphatic heterocycles. The van der Waals surface area contributed by atoms with Crippen LogP contribution in [-0.2, 0) is 4.79 Å². The van der Waals surface area contributed by atoms with E-state index in [1.165, 1.54) is 6.92 Å². The molecule has 0 aromatic heterocycles. The fourth-order valence-corrected chi connectivity index (χ4v) is 1.98. The van der Waals surface area contributed by atoms with Gasteiger partial charge in [0.1, 0.15) is 5.75 Å². The van der Waals surface area contributed by atoms with Crippen molar-refractivity contribution in [1.82, 2.24) is 0 Å². The fourth-order valence-electron chi connectivity index (χ4n) is 1.98. The van der Waals surface area contributed by atoms with E-state index < -0.39 is 6.10 Å². The Labute approximate surface area is 130 Å². The molecular formula is C18H19NO3. The van der Waals surface area contributed by atoms with Gasteiger partial charge in [-0.15, -0.1) is 0 Å². The van der Waals surface area contributed by atoms with Gasteiger partial charge in [0.25, 0.3) is 5.91 Å². The second kappa shape index (κ2) is 6.89. The zero-order chi connectivity index (χ0) is 16.1. The predicted molar refractivity (Wildman–Crippen MR) is 86.3 cm³/mol. The number of nitrogens with one attached hydrogen (secondary N) is 1. The van der Waals surface area contributed by atoms with Crippen molar-refractivity contribution >= 4 is 17.4 Å². The number of rotatable bonds is 5. The average molecular weight is 297 g/mol. The van der Waals surface area contributed by atoms with Crippen molar-refractivity contribution in [2.24, 2.45) is 0 Å². The maximum atomic E-state index is 12.1. The maximum Gasteiger partial charge on any atom is 0.265 e. The lowest BCUT2D eigenvalue weighted by Gasteiger charge is -2.15. The van der Waals surface area contributed by atoms with Gasteiger partial charge in [0.15, 0.2) is 11.9 Å². The maximum absolute atomic E-state index is 12.1. The largest absolute Gasteiger partial charge is 0.481 e. The van der Waals surface area contributed by atoms with Crippen molar-refractivity contribution in [3.8, 4) is 5.75 Å². The van der Waals surface area contributed by atoms with E-state index in [4.69, 9.17) is 4.74 Å². The van der Waals surface area contributed by atoms with E-state index in [-0.39, 0.29) is 11.7 Å². The van der Waals surface area contributed by atoms with Gasteiger partial charge in [-0.25, -0.2) is 0 Å². The van der Waals surface area contributed by atoms with Crippen molar-refractivity contribution in [2.45, 2.75) is 26.9 Å². The topological polar surface area (TPSA) is 55.4 Å². The van der Waals surface area contributed by atoms with Gasteiger partial charge in [0.05, 0.1) is 0 Å². The molecule has 0 saturated heterocycles. The first-order valence-corrected chi connectivity index (χ1v) is 7.11. The number of amides is 1. The molecule has 114 valence electrons. The van der Waals surface area contributed by atoms with Crippen LogP contribution in [0.15, 0.2) is 48.5 Å². The van der Waals surface area contributed by atoms with Gasteiger partial charge in [0, 0.05) is 11.3 Å². The molecule has 1 N–H and O–H groups in total. The minimum absolute atomic E-state index is 0.00553. The molecule has 1 atom stereocenters. The smallest absolute Gasteiger partial charge is 0.265 e. The molecule has 0 bridgehead atoms. The summed E-state index contributed by atoms with van der Waals surface area (Å²) in [4.78, 5) is 23.3. The Morgan fingerprint density at radius 3 is 2.36 bits per heavy atom. The molecule has 0 aliphatic carbocycles. The third kappa shape index (κ3) is 4.19. The SMILES string of the molecule is CC(=O)c1ccc(NC(=O)[C@H](C)Oc2cccc(C)c2)cc1. The summed E-state index contributed by atoms with van der Waals surface area (Å²) >= 11 is 0. The Balaban J connectivity index is 1.97.